The molecule has 4 rings (SSSR count). The van der Waals surface area contributed by atoms with E-state index in [0.29, 0.717) is 18.5 Å². The molecule has 0 unspecified atom stereocenters. The third-order valence-corrected chi connectivity index (χ3v) is 10.9. The lowest BCUT2D eigenvalue weighted by molar-refractivity contribution is -0.134. The van der Waals surface area contributed by atoms with Crippen LogP contribution in [0.25, 0.3) is 0 Å². The standard InChI is InChI=1S/C37H68N8O/c1-32(2)33-13-15-34(16-14-33)43-29-17-37(18-30-43)36(46)44(31-45(37)35-11-6-5-7-12-35)28-9-4-3-8-20-39-24-25-40-21-10-22-41-26-27-42-23-19-38/h5-7,11-12,32-34,39-42H,3-4,8-10,13-31,38H2,1-2H3. The molecule has 9 nitrogen and oxygen atoms in total. The van der Waals surface area contributed by atoms with Gasteiger partial charge in [0.05, 0.1) is 6.67 Å². The van der Waals surface area contributed by atoms with Gasteiger partial charge < -0.3 is 41.7 Å². The minimum Gasteiger partial charge on any atom is -0.339 e. The maximum absolute atomic E-state index is 14.1. The molecule has 1 aromatic carbocycles. The number of rotatable bonds is 22. The van der Waals surface area contributed by atoms with Gasteiger partial charge in [0.25, 0.3) is 0 Å². The summed E-state index contributed by atoms with van der Waals surface area (Å²) in [7, 11) is 0. The van der Waals surface area contributed by atoms with Crippen LogP contribution in [0.1, 0.15) is 84.5 Å². The summed E-state index contributed by atoms with van der Waals surface area (Å²) >= 11 is 0. The number of unbranched alkanes of at least 4 members (excludes halogenated alkanes) is 3. The number of piperidine rings is 1. The van der Waals surface area contributed by atoms with Gasteiger partial charge in [-0.1, -0.05) is 44.9 Å². The van der Waals surface area contributed by atoms with Crippen molar-refractivity contribution in [3.05, 3.63) is 30.3 Å². The molecule has 2 heterocycles. The number of hydrogen-bond donors (Lipinski definition) is 5. The predicted molar refractivity (Wildman–Crippen MR) is 193 cm³/mol. The van der Waals surface area contributed by atoms with Gasteiger partial charge in [0.1, 0.15) is 5.54 Å². The summed E-state index contributed by atoms with van der Waals surface area (Å²) in [6.45, 7) is 17.3. The second-order valence-corrected chi connectivity index (χ2v) is 14.4. The Balaban J connectivity index is 1.09. The molecule has 0 bridgehead atoms. The Labute approximate surface area is 281 Å². The number of carbonyl (C=O) groups is 1. The van der Waals surface area contributed by atoms with Crippen molar-refractivity contribution in [3.8, 4) is 0 Å². The first kappa shape index (κ1) is 37.1. The van der Waals surface area contributed by atoms with Crippen LogP contribution in [-0.2, 0) is 4.79 Å². The number of para-hydroxylation sites is 1. The Hall–Kier alpha value is -1.75. The molecule has 0 atom stereocenters. The first-order chi connectivity index (χ1) is 22.5. The van der Waals surface area contributed by atoms with E-state index in [-0.39, 0.29) is 5.54 Å². The average molecular weight is 641 g/mol. The second-order valence-electron chi connectivity index (χ2n) is 14.4. The first-order valence-corrected chi connectivity index (χ1v) is 18.9. The van der Waals surface area contributed by atoms with Crippen molar-refractivity contribution in [3.63, 3.8) is 0 Å². The van der Waals surface area contributed by atoms with Crippen LogP contribution in [0.4, 0.5) is 5.69 Å². The van der Waals surface area contributed by atoms with Crippen molar-refractivity contribution in [2.45, 2.75) is 96.1 Å². The topological polar surface area (TPSA) is 101 Å². The highest BCUT2D eigenvalue weighted by molar-refractivity contribution is 5.93. The zero-order valence-electron chi connectivity index (χ0n) is 29.4. The molecular formula is C37H68N8O. The van der Waals surface area contributed by atoms with E-state index in [4.69, 9.17) is 5.73 Å². The minimum atomic E-state index is -0.372. The number of nitrogens with zero attached hydrogens (tertiary/aromatic N) is 3. The first-order valence-electron chi connectivity index (χ1n) is 18.9. The number of nitrogens with two attached hydrogens (primary N) is 1. The van der Waals surface area contributed by atoms with Crippen molar-refractivity contribution in [2.24, 2.45) is 17.6 Å². The van der Waals surface area contributed by atoms with Crippen molar-refractivity contribution >= 4 is 11.6 Å². The Morgan fingerprint density at radius 1 is 0.761 bits per heavy atom. The van der Waals surface area contributed by atoms with Gasteiger partial charge in [0, 0.05) is 70.6 Å². The lowest BCUT2D eigenvalue weighted by Gasteiger charge is -2.47. The van der Waals surface area contributed by atoms with E-state index in [9.17, 15) is 4.79 Å². The van der Waals surface area contributed by atoms with E-state index in [1.807, 2.05) is 0 Å². The molecule has 1 spiro atoms. The fourth-order valence-electron chi connectivity index (χ4n) is 7.97. The highest BCUT2D eigenvalue weighted by Gasteiger charge is 2.54. The Morgan fingerprint density at radius 2 is 1.35 bits per heavy atom. The number of nitrogens with one attached hydrogen (secondary N) is 4. The van der Waals surface area contributed by atoms with E-state index < -0.39 is 0 Å². The highest BCUT2D eigenvalue weighted by Crippen LogP contribution is 2.41. The van der Waals surface area contributed by atoms with Gasteiger partial charge in [-0.25, -0.2) is 0 Å². The van der Waals surface area contributed by atoms with Gasteiger partial charge in [-0.05, 0) is 101 Å². The molecule has 262 valence electrons. The van der Waals surface area contributed by atoms with Crippen LogP contribution in [0.15, 0.2) is 30.3 Å². The molecule has 1 amide bonds. The van der Waals surface area contributed by atoms with Gasteiger partial charge in [0.2, 0.25) is 5.91 Å². The van der Waals surface area contributed by atoms with E-state index in [1.165, 1.54) is 50.6 Å². The molecule has 9 heteroatoms. The van der Waals surface area contributed by atoms with E-state index >= 15 is 0 Å². The maximum Gasteiger partial charge on any atom is 0.250 e. The van der Waals surface area contributed by atoms with Crippen LogP contribution >= 0.6 is 0 Å². The highest BCUT2D eigenvalue weighted by atomic mass is 16.2. The number of anilines is 1. The van der Waals surface area contributed by atoms with Crippen LogP contribution in [0.2, 0.25) is 0 Å². The number of hydrogen-bond acceptors (Lipinski definition) is 8. The van der Waals surface area contributed by atoms with Gasteiger partial charge in [0.15, 0.2) is 0 Å². The summed E-state index contributed by atoms with van der Waals surface area (Å²) in [6.07, 6.45) is 13.1. The summed E-state index contributed by atoms with van der Waals surface area (Å²) in [5.41, 5.74) is 6.31. The molecule has 3 fully saturated rings. The smallest absolute Gasteiger partial charge is 0.250 e. The van der Waals surface area contributed by atoms with Crippen LogP contribution in [0, 0.1) is 11.8 Å². The average Bonchev–Trinajstić information content (AvgIpc) is 3.34. The Kier molecular flexibility index (Phi) is 16.6. The SMILES string of the molecule is CC(C)C1CCC(N2CCC3(CC2)C(=O)N(CCCCCCNCCNCCCNCCNCCN)CN3c2ccccc2)CC1. The lowest BCUT2D eigenvalue weighted by atomic mass is 9.78. The third-order valence-electron chi connectivity index (χ3n) is 10.9. The third kappa shape index (κ3) is 11.2. The van der Waals surface area contributed by atoms with Crippen LogP contribution in [0.3, 0.4) is 0 Å². The molecule has 1 aliphatic carbocycles. The molecule has 46 heavy (non-hydrogen) atoms. The normalized spacial score (nSPS) is 22.0. The second kappa shape index (κ2) is 20.6. The largest absolute Gasteiger partial charge is 0.339 e. The summed E-state index contributed by atoms with van der Waals surface area (Å²) < 4.78 is 0. The quantitative estimate of drug-likeness (QED) is 0.123. The molecule has 2 saturated heterocycles. The molecule has 0 radical (unpaired) electrons. The van der Waals surface area contributed by atoms with Gasteiger partial charge >= 0.3 is 0 Å². The van der Waals surface area contributed by atoms with Crippen molar-refractivity contribution in [1.82, 2.24) is 31.1 Å². The Bertz CT molecular complexity index is 946. The molecular weight excluding hydrogens is 572 g/mol. The number of benzene rings is 1. The summed E-state index contributed by atoms with van der Waals surface area (Å²) in [5.74, 6) is 2.08. The fourth-order valence-corrected chi connectivity index (χ4v) is 7.97. The van der Waals surface area contributed by atoms with Crippen molar-refractivity contribution in [2.75, 3.05) is 90.1 Å². The van der Waals surface area contributed by atoms with Crippen LogP contribution < -0.4 is 31.9 Å². The summed E-state index contributed by atoms with van der Waals surface area (Å²) in [6, 6.07) is 11.4. The van der Waals surface area contributed by atoms with Crippen molar-refractivity contribution in [1.29, 1.82) is 0 Å². The van der Waals surface area contributed by atoms with Gasteiger partial charge in [-0.2, -0.15) is 0 Å². The molecule has 0 aromatic heterocycles. The minimum absolute atomic E-state index is 0.372. The molecule has 3 aliphatic rings. The van der Waals surface area contributed by atoms with Gasteiger partial charge in [-0.15, -0.1) is 0 Å². The molecule has 1 saturated carbocycles. The number of carbonyl (C=O) groups excluding carboxylic acids is 1. The summed E-state index contributed by atoms with van der Waals surface area (Å²) in [4.78, 5) is 21.5. The molecule has 2 aliphatic heterocycles. The van der Waals surface area contributed by atoms with Crippen LogP contribution in [0.5, 0.6) is 0 Å². The number of amides is 1. The van der Waals surface area contributed by atoms with Crippen LogP contribution in [-0.4, -0.2) is 112 Å². The lowest BCUT2D eigenvalue weighted by Crippen LogP contribution is -2.58. The fraction of sp³-hybridized carbons (Fsp3) is 0.811. The zero-order valence-corrected chi connectivity index (χ0v) is 29.4. The van der Waals surface area contributed by atoms with E-state index in [2.05, 4.69) is 80.1 Å². The van der Waals surface area contributed by atoms with Gasteiger partial charge in [-0.3, -0.25) is 4.79 Å². The monoisotopic (exact) mass is 641 g/mol. The summed E-state index contributed by atoms with van der Waals surface area (Å²) in [5, 5.41) is 13.9. The molecule has 6 N–H and O–H groups in total. The predicted octanol–water partition coefficient (Wildman–Crippen LogP) is 3.61. The molecule has 1 aromatic rings. The van der Waals surface area contributed by atoms with E-state index in [0.717, 1.165) is 116 Å². The van der Waals surface area contributed by atoms with Crippen molar-refractivity contribution < 1.29 is 4.79 Å². The maximum atomic E-state index is 14.1. The van der Waals surface area contributed by atoms with E-state index in [1.54, 1.807) is 0 Å². The zero-order chi connectivity index (χ0) is 32.5. The number of likely N-dealkylation sites (tertiary alicyclic amines) is 1. The Morgan fingerprint density at radius 3 is 1.96 bits per heavy atom.